The predicted octanol–water partition coefficient (Wildman–Crippen LogP) is 3.37. The number of likely N-dealkylation sites (tertiary alicyclic amines) is 1. The lowest BCUT2D eigenvalue weighted by atomic mass is 9.94. The number of aromatic nitrogens is 2. The first kappa shape index (κ1) is 15.6. The van der Waals surface area contributed by atoms with Gasteiger partial charge in [0.25, 0.3) is 0 Å². The minimum Gasteiger partial charge on any atom is -0.490 e. The van der Waals surface area contributed by atoms with E-state index in [1.165, 1.54) is 31.2 Å². The maximum absolute atomic E-state index is 6.06. The van der Waals surface area contributed by atoms with Crippen LogP contribution in [-0.4, -0.2) is 34.2 Å². The third-order valence-corrected chi connectivity index (χ3v) is 4.82. The lowest BCUT2D eigenvalue weighted by molar-refractivity contribution is 0.158. The van der Waals surface area contributed by atoms with Crippen molar-refractivity contribution >= 4 is 0 Å². The highest BCUT2D eigenvalue weighted by molar-refractivity contribution is 5.33. The van der Waals surface area contributed by atoms with Gasteiger partial charge in [-0.3, -0.25) is 4.90 Å². The summed E-state index contributed by atoms with van der Waals surface area (Å²) >= 11 is 0. The van der Waals surface area contributed by atoms with Gasteiger partial charge in [0, 0.05) is 25.1 Å². The summed E-state index contributed by atoms with van der Waals surface area (Å²) in [6, 6.07) is 8.48. The van der Waals surface area contributed by atoms with Crippen LogP contribution in [0.2, 0.25) is 0 Å². The molecule has 0 spiro atoms. The van der Waals surface area contributed by atoms with Crippen LogP contribution in [0.5, 0.6) is 5.75 Å². The Labute approximate surface area is 143 Å². The second kappa shape index (κ2) is 6.93. The van der Waals surface area contributed by atoms with Crippen LogP contribution < -0.4 is 4.74 Å². The maximum atomic E-state index is 6.06. The van der Waals surface area contributed by atoms with Crippen molar-refractivity contribution in [2.75, 3.05) is 13.1 Å². The Kier molecular flexibility index (Phi) is 4.52. The van der Waals surface area contributed by atoms with Gasteiger partial charge in [-0.2, -0.15) is 4.98 Å². The van der Waals surface area contributed by atoms with Crippen LogP contribution >= 0.6 is 0 Å². The van der Waals surface area contributed by atoms with Crippen molar-refractivity contribution in [3.05, 3.63) is 41.5 Å². The van der Waals surface area contributed by atoms with Crippen LogP contribution in [0.4, 0.5) is 0 Å². The molecule has 24 heavy (non-hydrogen) atoms. The summed E-state index contributed by atoms with van der Waals surface area (Å²) in [5.41, 5.74) is 1.30. The van der Waals surface area contributed by atoms with Crippen LogP contribution in [0.15, 0.2) is 28.8 Å². The van der Waals surface area contributed by atoms with Gasteiger partial charge >= 0.3 is 0 Å². The highest BCUT2D eigenvalue weighted by atomic mass is 16.5. The molecule has 1 aromatic carbocycles. The van der Waals surface area contributed by atoms with Crippen LogP contribution in [0.3, 0.4) is 0 Å². The van der Waals surface area contributed by atoms with Crippen molar-refractivity contribution in [1.29, 1.82) is 0 Å². The first-order valence-electron chi connectivity index (χ1n) is 9.02. The van der Waals surface area contributed by atoms with E-state index in [9.17, 15) is 0 Å². The number of benzene rings is 1. The van der Waals surface area contributed by atoms with Gasteiger partial charge in [-0.25, -0.2) is 0 Å². The van der Waals surface area contributed by atoms with Crippen molar-refractivity contribution in [1.82, 2.24) is 15.0 Å². The number of aryl methyl sites for hydroxylation is 1. The molecule has 5 nitrogen and oxygen atoms in total. The number of rotatable bonds is 6. The highest BCUT2D eigenvalue weighted by Gasteiger charge is 2.26. The van der Waals surface area contributed by atoms with E-state index in [0.29, 0.717) is 12.0 Å². The van der Waals surface area contributed by atoms with Crippen molar-refractivity contribution in [2.24, 2.45) is 5.92 Å². The summed E-state index contributed by atoms with van der Waals surface area (Å²) in [5, 5.41) is 3.90. The molecule has 4 rings (SSSR count). The Morgan fingerprint density at radius 1 is 1.25 bits per heavy atom. The number of hydrogen-bond donors (Lipinski definition) is 0. The monoisotopic (exact) mass is 327 g/mol. The van der Waals surface area contributed by atoms with E-state index in [0.717, 1.165) is 43.5 Å². The Hall–Kier alpha value is -1.88. The van der Waals surface area contributed by atoms with Gasteiger partial charge in [0.15, 0.2) is 5.82 Å². The summed E-state index contributed by atoms with van der Waals surface area (Å²) in [7, 11) is 0. The molecule has 1 saturated carbocycles. The van der Waals surface area contributed by atoms with E-state index >= 15 is 0 Å². The molecule has 128 valence electrons. The summed E-state index contributed by atoms with van der Waals surface area (Å²) < 4.78 is 11.4. The molecule has 2 aromatic rings. The molecule has 1 unspecified atom stereocenters. The van der Waals surface area contributed by atoms with E-state index in [4.69, 9.17) is 9.26 Å². The fourth-order valence-corrected chi connectivity index (χ4v) is 3.49. The van der Waals surface area contributed by atoms with Gasteiger partial charge < -0.3 is 9.26 Å². The minimum atomic E-state index is 0.445. The van der Waals surface area contributed by atoms with Crippen molar-refractivity contribution in [3.8, 4) is 5.75 Å². The van der Waals surface area contributed by atoms with E-state index < -0.39 is 0 Å². The summed E-state index contributed by atoms with van der Waals surface area (Å²) in [6.07, 6.45) is 6.19. The van der Waals surface area contributed by atoms with E-state index in [1.807, 2.05) is 6.92 Å². The molecule has 2 fully saturated rings. The highest BCUT2D eigenvalue weighted by Crippen LogP contribution is 2.30. The SMILES string of the molecule is Cc1noc(CC2CCCN(Cc3ccccc3OC3CC3)C2)n1. The first-order chi connectivity index (χ1) is 11.8. The third-order valence-electron chi connectivity index (χ3n) is 4.82. The summed E-state index contributed by atoms with van der Waals surface area (Å²) in [5.74, 6) is 3.16. The fraction of sp³-hybridized carbons (Fsp3) is 0.579. The molecule has 1 aromatic heterocycles. The Bertz CT molecular complexity index is 681. The Morgan fingerprint density at radius 3 is 2.92 bits per heavy atom. The van der Waals surface area contributed by atoms with Gasteiger partial charge in [0.1, 0.15) is 5.75 Å². The summed E-state index contributed by atoms with van der Waals surface area (Å²) in [6.45, 7) is 5.07. The molecule has 2 heterocycles. The Balaban J connectivity index is 1.37. The zero-order chi connectivity index (χ0) is 16.4. The zero-order valence-corrected chi connectivity index (χ0v) is 14.3. The van der Waals surface area contributed by atoms with Crippen LogP contribution in [0, 0.1) is 12.8 Å². The first-order valence-corrected chi connectivity index (χ1v) is 9.02. The molecule has 2 aliphatic rings. The largest absolute Gasteiger partial charge is 0.490 e. The van der Waals surface area contributed by atoms with Crippen molar-refractivity contribution in [2.45, 2.75) is 51.7 Å². The quantitative estimate of drug-likeness (QED) is 0.814. The molecule has 0 radical (unpaired) electrons. The predicted molar refractivity (Wildman–Crippen MR) is 90.8 cm³/mol. The van der Waals surface area contributed by atoms with Gasteiger partial charge in [-0.05, 0) is 51.1 Å². The molecule has 0 amide bonds. The number of nitrogens with zero attached hydrogens (tertiary/aromatic N) is 3. The molecular formula is C19H25N3O2. The number of piperidine rings is 1. The van der Waals surface area contributed by atoms with Crippen LogP contribution in [-0.2, 0) is 13.0 Å². The number of hydrogen-bond acceptors (Lipinski definition) is 5. The topological polar surface area (TPSA) is 51.4 Å². The smallest absolute Gasteiger partial charge is 0.226 e. The molecule has 0 bridgehead atoms. The molecular weight excluding hydrogens is 302 g/mol. The van der Waals surface area contributed by atoms with Gasteiger partial charge in [0.2, 0.25) is 5.89 Å². The molecule has 0 N–H and O–H groups in total. The second-order valence-electron chi connectivity index (χ2n) is 7.11. The van der Waals surface area contributed by atoms with E-state index in [1.54, 1.807) is 0 Å². The number of ether oxygens (including phenoxy) is 1. The lowest BCUT2D eigenvalue weighted by Gasteiger charge is -2.32. The standard InChI is InChI=1S/C19H25N3O2/c1-14-20-19(24-21-14)11-15-5-4-10-22(12-15)13-16-6-2-3-7-18(16)23-17-8-9-17/h2-3,6-7,15,17H,4-5,8-13H2,1H3. The fourth-order valence-electron chi connectivity index (χ4n) is 3.49. The number of para-hydroxylation sites is 1. The van der Waals surface area contributed by atoms with Crippen LogP contribution in [0.25, 0.3) is 0 Å². The zero-order valence-electron chi connectivity index (χ0n) is 14.3. The van der Waals surface area contributed by atoms with Gasteiger partial charge in [-0.15, -0.1) is 0 Å². The van der Waals surface area contributed by atoms with Crippen molar-refractivity contribution < 1.29 is 9.26 Å². The molecule has 1 atom stereocenters. The van der Waals surface area contributed by atoms with Crippen molar-refractivity contribution in [3.63, 3.8) is 0 Å². The van der Waals surface area contributed by atoms with Crippen LogP contribution in [0.1, 0.15) is 43.0 Å². The Morgan fingerprint density at radius 2 is 2.12 bits per heavy atom. The van der Waals surface area contributed by atoms with E-state index in [2.05, 4.69) is 39.3 Å². The molecule has 5 heteroatoms. The normalized spacial score (nSPS) is 21.8. The van der Waals surface area contributed by atoms with E-state index in [-0.39, 0.29) is 0 Å². The minimum absolute atomic E-state index is 0.445. The molecule has 1 aliphatic heterocycles. The third kappa shape index (κ3) is 3.96. The average Bonchev–Trinajstić information content (AvgIpc) is 3.30. The maximum Gasteiger partial charge on any atom is 0.226 e. The molecule has 1 saturated heterocycles. The molecule has 1 aliphatic carbocycles. The van der Waals surface area contributed by atoms with Gasteiger partial charge in [-0.1, -0.05) is 23.4 Å². The average molecular weight is 327 g/mol. The van der Waals surface area contributed by atoms with Gasteiger partial charge in [0.05, 0.1) is 6.10 Å². The second-order valence-corrected chi connectivity index (χ2v) is 7.11. The summed E-state index contributed by atoms with van der Waals surface area (Å²) in [4.78, 5) is 6.89. The lowest BCUT2D eigenvalue weighted by Crippen LogP contribution is -2.35.